The molecule has 0 saturated heterocycles. The van der Waals surface area contributed by atoms with Crippen LogP contribution in [0.3, 0.4) is 0 Å². The van der Waals surface area contributed by atoms with E-state index >= 15 is 0 Å². The summed E-state index contributed by atoms with van der Waals surface area (Å²) in [6.45, 7) is 0. The zero-order valence-electron chi connectivity index (χ0n) is 10.3. The van der Waals surface area contributed by atoms with Crippen LogP contribution in [0.4, 0.5) is 22.7 Å². The maximum absolute atomic E-state index is 11.1. The van der Waals surface area contributed by atoms with Gasteiger partial charge in [0.15, 0.2) is 0 Å². The zero-order chi connectivity index (χ0) is 15.6. The van der Waals surface area contributed by atoms with Gasteiger partial charge in [-0.25, -0.2) is 0 Å². The smallest absolute Gasteiger partial charge is 0.342 e. The van der Waals surface area contributed by atoms with Gasteiger partial charge in [0.2, 0.25) is 11.4 Å². The molecule has 0 saturated carbocycles. The minimum atomic E-state index is -0.931. The molecule has 0 heterocycles. The second-order valence-corrected chi connectivity index (χ2v) is 4.36. The molecule has 0 amide bonds. The second kappa shape index (κ2) is 5.63. The summed E-state index contributed by atoms with van der Waals surface area (Å²) in [5, 5.41) is 33.9. The third kappa shape index (κ3) is 2.84. The highest BCUT2D eigenvalue weighted by atomic mass is 35.5. The van der Waals surface area contributed by atoms with E-state index in [1.54, 1.807) is 30.3 Å². The molecule has 0 aliphatic heterocycles. The van der Waals surface area contributed by atoms with Crippen LogP contribution in [0.1, 0.15) is 0 Å². The number of phenols is 1. The molecule has 0 radical (unpaired) electrons. The first-order chi connectivity index (χ1) is 9.91. The van der Waals surface area contributed by atoms with Crippen LogP contribution in [0.15, 0.2) is 36.4 Å². The van der Waals surface area contributed by atoms with E-state index in [1.165, 1.54) is 0 Å². The lowest BCUT2D eigenvalue weighted by molar-refractivity contribution is -0.392. The quantitative estimate of drug-likeness (QED) is 0.657. The van der Waals surface area contributed by atoms with Crippen LogP contribution >= 0.6 is 11.6 Å². The number of rotatable bonds is 4. The Balaban J connectivity index is 2.68. The minimum Gasteiger partial charge on any atom is -0.501 e. The number of hydrogen-bond acceptors (Lipinski definition) is 6. The fraction of sp³-hybridized carbons (Fsp3) is 0. The Morgan fingerprint density at radius 3 is 2.24 bits per heavy atom. The number of phenolic OH excluding ortho intramolecular Hbond substituents is 1. The van der Waals surface area contributed by atoms with Gasteiger partial charge < -0.3 is 10.4 Å². The number of anilines is 2. The lowest BCUT2D eigenvalue weighted by Crippen LogP contribution is -2.02. The Bertz CT molecular complexity index is 721. The predicted octanol–water partition coefficient (Wildman–Crippen LogP) is 3.61. The van der Waals surface area contributed by atoms with Crippen molar-refractivity contribution in [1.82, 2.24) is 0 Å². The molecule has 8 nitrogen and oxygen atoms in total. The maximum Gasteiger partial charge on any atom is 0.342 e. The monoisotopic (exact) mass is 309 g/mol. The molecule has 0 aliphatic carbocycles. The van der Waals surface area contributed by atoms with Gasteiger partial charge in [0.05, 0.1) is 14.9 Å². The van der Waals surface area contributed by atoms with Crippen molar-refractivity contribution in [3.05, 3.63) is 61.6 Å². The van der Waals surface area contributed by atoms with Crippen LogP contribution in [0.25, 0.3) is 0 Å². The number of halogens is 1. The van der Waals surface area contributed by atoms with E-state index in [2.05, 4.69) is 5.32 Å². The lowest BCUT2D eigenvalue weighted by Gasteiger charge is -2.09. The molecule has 2 aromatic carbocycles. The molecule has 0 bridgehead atoms. The number of nitro benzene ring substituents is 2. The van der Waals surface area contributed by atoms with E-state index in [1.807, 2.05) is 0 Å². The second-order valence-electron chi connectivity index (χ2n) is 3.95. The van der Waals surface area contributed by atoms with Crippen molar-refractivity contribution < 1.29 is 15.0 Å². The standard InChI is InChI=1S/C12H8ClN3O5/c13-8-6-9(15(18)19)10(11(12(8)17)16(20)21)14-7-4-2-1-3-5-7/h1-6,14,17H. The third-order valence-electron chi connectivity index (χ3n) is 2.63. The molecule has 0 unspecified atom stereocenters. The van der Waals surface area contributed by atoms with E-state index in [-0.39, 0.29) is 0 Å². The highest BCUT2D eigenvalue weighted by molar-refractivity contribution is 6.33. The molecule has 2 rings (SSSR count). The molecule has 0 spiro atoms. The van der Waals surface area contributed by atoms with Gasteiger partial charge in [0.25, 0.3) is 0 Å². The van der Waals surface area contributed by atoms with Crippen LogP contribution in [0.2, 0.25) is 5.02 Å². The van der Waals surface area contributed by atoms with Gasteiger partial charge in [-0.15, -0.1) is 0 Å². The van der Waals surface area contributed by atoms with E-state index in [9.17, 15) is 25.3 Å². The summed E-state index contributed by atoms with van der Waals surface area (Å²) in [6, 6.07) is 9.01. The fourth-order valence-corrected chi connectivity index (χ4v) is 1.92. The molecule has 2 aromatic rings. The molecule has 0 fully saturated rings. The number of nitro groups is 2. The fourth-order valence-electron chi connectivity index (χ4n) is 1.72. The van der Waals surface area contributed by atoms with Gasteiger partial charge in [-0.05, 0) is 12.1 Å². The number of nitrogens with one attached hydrogen (secondary N) is 1. The summed E-state index contributed by atoms with van der Waals surface area (Å²) in [5.74, 6) is -0.828. The number of para-hydroxylation sites is 1. The Kier molecular flexibility index (Phi) is 3.90. The van der Waals surface area contributed by atoms with Crippen LogP contribution in [0, 0.1) is 20.2 Å². The number of aromatic hydroxyl groups is 1. The SMILES string of the molecule is O=[N+]([O-])c1cc(Cl)c(O)c([N+](=O)[O-])c1Nc1ccccc1. The average Bonchev–Trinajstić information content (AvgIpc) is 2.43. The average molecular weight is 310 g/mol. The summed E-state index contributed by atoms with van der Waals surface area (Å²) in [4.78, 5) is 20.4. The molecule has 9 heteroatoms. The van der Waals surface area contributed by atoms with Gasteiger partial charge >= 0.3 is 11.4 Å². The van der Waals surface area contributed by atoms with E-state index in [0.717, 1.165) is 6.07 Å². The van der Waals surface area contributed by atoms with Gasteiger partial charge in [-0.2, -0.15) is 0 Å². The number of nitrogens with zero attached hydrogens (tertiary/aromatic N) is 2. The number of benzene rings is 2. The molecular formula is C12H8ClN3O5. The van der Waals surface area contributed by atoms with Crippen LogP contribution in [-0.4, -0.2) is 15.0 Å². The van der Waals surface area contributed by atoms with Gasteiger partial charge in [-0.3, -0.25) is 20.2 Å². The Hall–Kier alpha value is -2.87. The first-order valence-corrected chi connectivity index (χ1v) is 5.96. The van der Waals surface area contributed by atoms with Crippen molar-refractivity contribution in [2.45, 2.75) is 0 Å². The first-order valence-electron chi connectivity index (χ1n) is 5.58. The minimum absolute atomic E-state index is 0.394. The topological polar surface area (TPSA) is 119 Å². The van der Waals surface area contributed by atoms with E-state index < -0.39 is 37.7 Å². The Morgan fingerprint density at radius 1 is 1.10 bits per heavy atom. The number of hydrogen-bond donors (Lipinski definition) is 2. The van der Waals surface area contributed by atoms with Crippen molar-refractivity contribution in [2.24, 2.45) is 0 Å². The van der Waals surface area contributed by atoms with Crippen molar-refractivity contribution in [2.75, 3.05) is 5.32 Å². The summed E-state index contributed by atoms with van der Waals surface area (Å²) in [5.41, 5.74) is -1.49. The van der Waals surface area contributed by atoms with E-state index in [0.29, 0.717) is 5.69 Å². The molecule has 0 aromatic heterocycles. The Labute approximate surface area is 122 Å². The molecule has 2 N–H and O–H groups in total. The summed E-state index contributed by atoms with van der Waals surface area (Å²) in [7, 11) is 0. The summed E-state index contributed by atoms with van der Waals surface area (Å²) in [6.07, 6.45) is 0. The summed E-state index contributed by atoms with van der Waals surface area (Å²) < 4.78 is 0. The molecule has 21 heavy (non-hydrogen) atoms. The third-order valence-corrected chi connectivity index (χ3v) is 2.92. The van der Waals surface area contributed by atoms with Crippen molar-refractivity contribution >= 4 is 34.4 Å². The summed E-state index contributed by atoms with van der Waals surface area (Å²) >= 11 is 5.60. The van der Waals surface area contributed by atoms with Gasteiger partial charge in [-0.1, -0.05) is 29.8 Å². The molecule has 0 aliphatic rings. The lowest BCUT2D eigenvalue weighted by atomic mass is 10.2. The van der Waals surface area contributed by atoms with Gasteiger partial charge in [0, 0.05) is 11.8 Å². The van der Waals surface area contributed by atoms with E-state index in [4.69, 9.17) is 11.6 Å². The highest BCUT2D eigenvalue weighted by Crippen LogP contribution is 2.46. The predicted molar refractivity (Wildman–Crippen MR) is 76.2 cm³/mol. The highest BCUT2D eigenvalue weighted by Gasteiger charge is 2.32. The maximum atomic E-state index is 11.1. The largest absolute Gasteiger partial charge is 0.501 e. The van der Waals surface area contributed by atoms with Crippen molar-refractivity contribution in [1.29, 1.82) is 0 Å². The van der Waals surface area contributed by atoms with Gasteiger partial charge in [0.1, 0.15) is 0 Å². The zero-order valence-corrected chi connectivity index (χ0v) is 11.1. The molecule has 108 valence electrons. The molecule has 0 atom stereocenters. The van der Waals surface area contributed by atoms with Crippen LogP contribution < -0.4 is 5.32 Å². The normalized spacial score (nSPS) is 10.1. The van der Waals surface area contributed by atoms with Crippen molar-refractivity contribution in [3.8, 4) is 5.75 Å². The van der Waals surface area contributed by atoms with Crippen molar-refractivity contribution in [3.63, 3.8) is 0 Å². The Morgan fingerprint density at radius 2 is 1.71 bits per heavy atom. The molecular weight excluding hydrogens is 302 g/mol. The van der Waals surface area contributed by atoms with Crippen LogP contribution in [-0.2, 0) is 0 Å². The van der Waals surface area contributed by atoms with Crippen LogP contribution in [0.5, 0.6) is 5.75 Å². The first kappa shape index (κ1) is 14.5.